The Morgan fingerprint density at radius 2 is 1.85 bits per heavy atom. The summed E-state index contributed by atoms with van der Waals surface area (Å²) in [5, 5.41) is 0. The molecule has 1 spiro atoms. The molecule has 5 aliphatic heterocycles. The van der Waals surface area contributed by atoms with Crippen LogP contribution in [-0.4, -0.2) is 47.3 Å². The minimum Gasteiger partial charge on any atom is -0.349 e. The van der Waals surface area contributed by atoms with Gasteiger partial charge in [-0.25, -0.2) is 0 Å². The van der Waals surface area contributed by atoms with Crippen molar-refractivity contribution in [2.45, 2.75) is 129 Å². The van der Waals surface area contributed by atoms with Crippen LogP contribution in [0, 0.1) is 39.9 Å². The Labute approximate surface area is 206 Å². The van der Waals surface area contributed by atoms with Crippen molar-refractivity contribution >= 4 is 5.78 Å². The summed E-state index contributed by atoms with van der Waals surface area (Å²) in [7, 11) is 0. The van der Waals surface area contributed by atoms with Crippen LogP contribution in [0.3, 0.4) is 0 Å². The summed E-state index contributed by atoms with van der Waals surface area (Å²) in [5.74, 6) is 3.11. The minimum atomic E-state index is -0.473. The van der Waals surface area contributed by atoms with E-state index in [2.05, 4.69) is 39.5 Å². The average Bonchev–Trinajstić information content (AvgIpc) is 3.41. The van der Waals surface area contributed by atoms with Gasteiger partial charge in [0, 0.05) is 31.0 Å². The normalized spacial score (nSPS) is 59.0. The molecule has 0 aromatic carbocycles. The second-order valence-corrected chi connectivity index (χ2v) is 14.7. The molecule has 7 bridgehead atoms. The lowest BCUT2D eigenvalue weighted by molar-refractivity contribution is -0.282. The van der Waals surface area contributed by atoms with Crippen LogP contribution >= 0.6 is 0 Å². The first kappa shape index (κ1) is 22.7. The van der Waals surface area contributed by atoms with Crippen molar-refractivity contribution < 1.29 is 14.3 Å². The molecule has 7 fully saturated rings. The fraction of sp³-hybridized carbons (Fsp3) is 0.967. The van der Waals surface area contributed by atoms with Gasteiger partial charge in [0.1, 0.15) is 5.78 Å². The van der Waals surface area contributed by atoms with Crippen molar-refractivity contribution in [3.8, 4) is 0 Å². The molecule has 34 heavy (non-hydrogen) atoms. The molecule has 7 rings (SSSR count). The molecule has 5 heterocycles. The highest BCUT2D eigenvalue weighted by atomic mass is 16.7. The molecule has 11 atom stereocenters. The van der Waals surface area contributed by atoms with E-state index < -0.39 is 11.2 Å². The van der Waals surface area contributed by atoms with Gasteiger partial charge in [-0.1, -0.05) is 27.2 Å². The number of piperidine rings is 2. The van der Waals surface area contributed by atoms with Crippen molar-refractivity contribution in [2.24, 2.45) is 39.9 Å². The Morgan fingerprint density at radius 3 is 2.65 bits per heavy atom. The number of ketones is 1. The van der Waals surface area contributed by atoms with Crippen LogP contribution in [-0.2, 0) is 14.3 Å². The van der Waals surface area contributed by atoms with Gasteiger partial charge in [-0.3, -0.25) is 9.69 Å². The van der Waals surface area contributed by atoms with E-state index in [1.54, 1.807) is 0 Å². The van der Waals surface area contributed by atoms with E-state index in [-0.39, 0.29) is 6.10 Å². The fourth-order valence-corrected chi connectivity index (χ4v) is 11.6. The molecule has 0 aromatic heterocycles. The van der Waals surface area contributed by atoms with Crippen molar-refractivity contribution in [1.29, 1.82) is 0 Å². The average molecular weight is 470 g/mol. The first-order chi connectivity index (χ1) is 16.1. The van der Waals surface area contributed by atoms with E-state index >= 15 is 0 Å². The van der Waals surface area contributed by atoms with Crippen LogP contribution in [0.4, 0.5) is 0 Å². The maximum Gasteiger partial charge on any atom is 0.166 e. The first-order valence-corrected chi connectivity index (χ1v) is 14.7. The third kappa shape index (κ3) is 2.45. The number of rotatable bonds is 5. The number of nitrogens with zero attached hydrogens (tertiary/aromatic N) is 1. The van der Waals surface area contributed by atoms with E-state index in [0.717, 1.165) is 49.4 Å². The number of hydrogen-bond acceptors (Lipinski definition) is 4. The summed E-state index contributed by atoms with van der Waals surface area (Å²) in [6.45, 7) is 13.7. The lowest BCUT2D eigenvalue weighted by Gasteiger charge is -2.67. The third-order valence-corrected chi connectivity index (χ3v) is 13.4. The Bertz CT molecular complexity index is 903. The Morgan fingerprint density at radius 1 is 1.03 bits per heavy atom. The summed E-state index contributed by atoms with van der Waals surface area (Å²) in [6.07, 6.45) is 13.6. The Balaban J connectivity index is 1.26. The van der Waals surface area contributed by atoms with Gasteiger partial charge < -0.3 is 9.47 Å². The second kappa shape index (κ2) is 6.90. The zero-order valence-electron chi connectivity index (χ0n) is 22.3. The van der Waals surface area contributed by atoms with Crippen molar-refractivity contribution in [2.75, 3.05) is 13.2 Å². The monoisotopic (exact) mass is 469 g/mol. The molecular weight excluding hydrogens is 422 g/mol. The van der Waals surface area contributed by atoms with E-state index in [4.69, 9.17) is 9.47 Å². The smallest absolute Gasteiger partial charge is 0.166 e. The number of carbonyl (C=O) groups excluding carboxylic acids is 1. The molecular formula is C30H47NO3. The molecule has 0 amide bonds. The first-order valence-electron chi connectivity index (χ1n) is 14.7. The van der Waals surface area contributed by atoms with E-state index in [9.17, 15) is 4.79 Å². The van der Waals surface area contributed by atoms with Gasteiger partial charge in [0.15, 0.2) is 5.79 Å². The lowest BCUT2D eigenvalue weighted by atomic mass is 9.42. The molecule has 4 nitrogen and oxygen atoms in total. The predicted molar refractivity (Wildman–Crippen MR) is 132 cm³/mol. The summed E-state index contributed by atoms with van der Waals surface area (Å²) in [5.41, 5.74) is 0.704. The van der Waals surface area contributed by atoms with Crippen LogP contribution in [0.5, 0.6) is 0 Å². The molecule has 7 aliphatic rings. The van der Waals surface area contributed by atoms with Gasteiger partial charge >= 0.3 is 0 Å². The van der Waals surface area contributed by atoms with Gasteiger partial charge in [-0.15, -0.1) is 0 Å². The third-order valence-electron chi connectivity index (χ3n) is 13.4. The molecule has 2 saturated carbocycles. The number of hydrogen-bond donors (Lipinski definition) is 0. The van der Waals surface area contributed by atoms with Crippen LogP contribution in [0.2, 0.25) is 0 Å². The van der Waals surface area contributed by atoms with Crippen molar-refractivity contribution in [1.82, 2.24) is 4.90 Å². The van der Waals surface area contributed by atoms with Crippen LogP contribution in [0.25, 0.3) is 0 Å². The van der Waals surface area contributed by atoms with Crippen molar-refractivity contribution in [3.63, 3.8) is 0 Å². The fourth-order valence-electron chi connectivity index (χ4n) is 11.6. The Kier molecular flexibility index (Phi) is 4.61. The number of carbonyl (C=O) groups is 1. The lowest BCUT2D eigenvalue weighted by Crippen LogP contribution is -2.68. The standard InChI is InChI=1S/C30H47NO3/c1-19(2)21-9-13-27(4)20-8-15-29-12-6-7-22(29)30(27,25(21)31(29)17-20)16-10-23(32)26(3)18-33-28(5)14-11-24(26)34-28/h19-22,24-25H,6-18H2,1-5H3/t20-,21-,22+,24+,25-,26+,27-,28-,29+,30-/m0/s1. The minimum absolute atomic E-state index is 0.0372. The van der Waals surface area contributed by atoms with E-state index in [1.807, 2.05) is 0 Å². The number of Topliss-reactive ketones (excluding diaryl/α,β-unsaturated/α-hetero) is 1. The molecule has 1 unspecified atom stereocenters. The zero-order chi connectivity index (χ0) is 23.7. The summed E-state index contributed by atoms with van der Waals surface area (Å²) in [6, 6.07) is 0.697. The van der Waals surface area contributed by atoms with Crippen LogP contribution < -0.4 is 0 Å². The largest absolute Gasteiger partial charge is 0.349 e. The highest BCUT2D eigenvalue weighted by Crippen LogP contribution is 2.79. The highest BCUT2D eigenvalue weighted by molar-refractivity contribution is 5.85. The predicted octanol–water partition coefficient (Wildman–Crippen LogP) is 5.97. The topological polar surface area (TPSA) is 38.8 Å². The quantitative estimate of drug-likeness (QED) is 0.497. The molecule has 0 aromatic rings. The molecule has 5 saturated heterocycles. The van der Waals surface area contributed by atoms with Crippen LogP contribution in [0.1, 0.15) is 105 Å². The van der Waals surface area contributed by atoms with Gasteiger partial charge in [0.2, 0.25) is 0 Å². The van der Waals surface area contributed by atoms with Gasteiger partial charge in [-0.05, 0) is 99.7 Å². The van der Waals surface area contributed by atoms with Gasteiger partial charge in [0.25, 0.3) is 0 Å². The molecule has 0 radical (unpaired) electrons. The van der Waals surface area contributed by atoms with Gasteiger partial charge in [-0.2, -0.15) is 0 Å². The molecule has 190 valence electrons. The maximum atomic E-state index is 14.1. The summed E-state index contributed by atoms with van der Waals surface area (Å²) >= 11 is 0. The SMILES string of the molecule is CC(C)[C@@H]1CC[C@@]2(C)[C@H]3CC[C@]45CCC[C@H]4[C@@]2(CCC(=O)[C@@]2(C)CO[C@]4(C)CC[C@H]2O4)[C@H]1N5C3. The maximum absolute atomic E-state index is 14.1. The van der Waals surface area contributed by atoms with E-state index in [0.29, 0.717) is 34.8 Å². The van der Waals surface area contributed by atoms with Crippen LogP contribution in [0.15, 0.2) is 0 Å². The zero-order valence-corrected chi connectivity index (χ0v) is 22.3. The molecule has 4 heteroatoms. The van der Waals surface area contributed by atoms with Gasteiger partial charge in [0.05, 0.1) is 18.1 Å². The highest BCUT2D eigenvalue weighted by Gasteiger charge is 2.79. The number of fused-ring (bicyclic) bond motifs is 4. The second-order valence-electron chi connectivity index (χ2n) is 14.7. The summed E-state index contributed by atoms with van der Waals surface area (Å²) in [4.78, 5) is 17.2. The molecule has 0 N–H and O–H groups in total. The Hall–Kier alpha value is -0.450. The molecule has 2 aliphatic carbocycles. The van der Waals surface area contributed by atoms with E-state index in [1.165, 1.54) is 51.5 Å². The number of ether oxygens (including phenoxy) is 2. The summed E-state index contributed by atoms with van der Waals surface area (Å²) < 4.78 is 12.4. The van der Waals surface area contributed by atoms with Crippen molar-refractivity contribution in [3.05, 3.63) is 0 Å².